The highest BCUT2D eigenvalue weighted by atomic mass is 16.1. The van der Waals surface area contributed by atoms with Gasteiger partial charge in [-0.1, -0.05) is 19.1 Å². The quantitative estimate of drug-likeness (QED) is 0.756. The van der Waals surface area contributed by atoms with Crippen LogP contribution in [0.4, 0.5) is 5.69 Å². The molecule has 1 heterocycles. The number of hydrogen-bond donors (Lipinski definition) is 3. The number of H-pyrrole nitrogens is 1. The maximum Gasteiger partial charge on any atom is 0.238 e. The molecule has 3 N–H and O–H groups in total. The van der Waals surface area contributed by atoms with Crippen LogP contribution in [0.25, 0.3) is 11.3 Å². The zero-order chi connectivity index (χ0) is 14.4. The molecule has 0 spiro atoms. The van der Waals surface area contributed by atoms with E-state index in [1.54, 1.807) is 6.20 Å². The van der Waals surface area contributed by atoms with E-state index in [4.69, 9.17) is 0 Å². The Morgan fingerprint density at radius 3 is 2.65 bits per heavy atom. The third kappa shape index (κ3) is 3.93. The fourth-order valence-corrected chi connectivity index (χ4v) is 1.77. The first-order valence-corrected chi connectivity index (χ1v) is 6.82. The molecule has 0 saturated heterocycles. The zero-order valence-corrected chi connectivity index (χ0v) is 11.8. The van der Waals surface area contributed by atoms with Crippen molar-refractivity contribution in [1.82, 2.24) is 15.5 Å². The van der Waals surface area contributed by atoms with Gasteiger partial charge >= 0.3 is 0 Å². The van der Waals surface area contributed by atoms with Crippen LogP contribution in [0, 0.1) is 0 Å². The summed E-state index contributed by atoms with van der Waals surface area (Å²) in [6, 6.07) is 9.93. The van der Waals surface area contributed by atoms with Gasteiger partial charge in [-0.05, 0) is 37.1 Å². The molecule has 2 aromatic rings. The Bertz CT molecular complexity index is 534. The van der Waals surface area contributed by atoms with Crippen molar-refractivity contribution in [3.05, 3.63) is 36.5 Å². The number of aromatic nitrogens is 2. The van der Waals surface area contributed by atoms with Gasteiger partial charge in [0.1, 0.15) is 0 Å². The maximum absolute atomic E-state index is 11.8. The number of nitrogens with zero attached hydrogens (tertiary/aromatic N) is 1. The molecule has 106 valence electrons. The van der Waals surface area contributed by atoms with Gasteiger partial charge in [0, 0.05) is 17.9 Å². The lowest BCUT2D eigenvalue weighted by Crippen LogP contribution is -2.33. The first-order valence-electron chi connectivity index (χ1n) is 6.82. The van der Waals surface area contributed by atoms with Crippen LogP contribution in [-0.4, -0.2) is 28.7 Å². The highest BCUT2D eigenvalue weighted by Crippen LogP contribution is 2.18. The Balaban J connectivity index is 1.89. The van der Waals surface area contributed by atoms with E-state index in [0.717, 1.165) is 23.4 Å². The summed E-state index contributed by atoms with van der Waals surface area (Å²) in [5.41, 5.74) is 2.80. The van der Waals surface area contributed by atoms with E-state index in [0.29, 0.717) is 12.6 Å². The third-order valence-corrected chi connectivity index (χ3v) is 3.20. The molecule has 2 rings (SSSR count). The van der Waals surface area contributed by atoms with Gasteiger partial charge in [-0.25, -0.2) is 0 Å². The van der Waals surface area contributed by atoms with E-state index in [1.807, 2.05) is 30.3 Å². The molecule has 1 amide bonds. The first-order chi connectivity index (χ1) is 9.69. The summed E-state index contributed by atoms with van der Waals surface area (Å²) in [5, 5.41) is 12.8. The molecular formula is C15H20N4O. The van der Waals surface area contributed by atoms with Gasteiger partial charge in [0.2, 0.25) is 5.91 Å². The lowest BCUT2D eigenvalue weighted by molar-refractivity contribution is -0.115. The molecule has 0 bridgehead atoms. The van der Waals surface area contributed by atoms with Crippen molar-refractivity contribution in [2.24, 2.45) is 0 Å². The second-order valence-corrected chi connectivity index (χ2v) is 4.79. The van der Waals surface area contributed by atoms with E-state index in [-0.39, 0.29) is 5.91 Å². The predicted octanol–water partition coefficient (Wildman–Crippen LogP) is 2.40. The summed E-state index contributed by atoms with van der Waals surface area (Å²) in [6.45, 7) is 4.48. The second kappa shape index (κ2) is 6.86. The number of benzene rings is 1. The summed E-state index contributed by atoms with van der Waals surface area (Å²) in [6.07, 6.45) is 2.72. The molecule has 1 atom stereocenters. The molecule has 0 fully saturated rings. The number of rotatable bonds is 6. The molecule has 5 heteroatoms. The molecule has 20 heavy (non-hydrogen) atoms. The number of carbonyl (C=O) groups is 1. The number of carbonyl (C=O) groups excluding carboxylic acids is 1. The third-order valence-electron chi connectivity index (χ3n) is 3.20. The fraction of sp³-hybridized carbons (Fsp3) is 0.333. The Morgan fingerprint density at radius 2 is 2.05 bits per heavy atom. The van der Waals surface area contributed by atoms with E-state index in [2.05, 4.69) is 34.7 Å². The monoisotopic (exact) mass is 272 g/mol. The highest BCUT2D eigenvalue weighted by Gasteiger charge is 2.05. The number of aromatic amines is 1. The molecule has 0 aliphatic carbocycles. The van der Waals surface area contributed by atoms with Crippen molar-refractivity contribution >= 4 is 11.6 Å². The van der Waals surface area contributed by atoms with E-state index >= 15 is 0 Å². The first kappa shape index (κ1) is 14.3. The number of amides is 1. The van der Waals surface area contributed by atoms with Crippen LogP contribution in [0.15, 0.2) is 36.5 Å². The SMILES string of the molecule is CCC(C)NCC(=O)Nc1ccc(-c2ccn[nH]2)cc1. The van der Waals surface area contributed by atoms with E-state index in [1.165, 1.54) is 0 Å². The van der Waals surface area contributed by atoms with Crippen LogP contribution in [0.5, 0.6) is 0 Å². The maximum atomic E-state index is 11.8. The van der Waals surface area contributed by atoms with Gasteiger partial charge in [0.05, 0.1) is 12.2 Å². The van der Waals surface area contributed by atoms with Crippen LogP contribution in [0.1, 0.15) is 20.3 Å². The molecule has 5 nitrogen and oxygen atoms in total. The highest BCUT2D eigenvalue weighted by molar-refractivity contribution is 5.92. The molecule has 0 aliphatic heterocycles. The Hall–Kier alpha value is -2.14. The summed E-state index contributed by atoms with van der Waals surface area (Å²) < 4.78 is 0. The van der Waals surface area contributed by atoms with Crippen LogP contribution in [0.2, 0.25) is 0 Å². The van der Waals surface area contributed by atoms with Crippen LogP contribution in [-0.2, 0) is 4.79 Å². The summed E-state index contributed by atoms with van der Waals surface area (Å²) in [7, 11) is 0. The summed E-state index contributed by atoms with van der Waals surface area (Å²) >= 11 is 0. The van der Waals surface area contributed by atoms with Crippen LogP contribution >= 0.6 is 0 Å². The molecule has 0 aliphatic rings. The topological polar surface area (TPSA) is 69.8 Å². The van der Waals surface area contributed by atoms with Gasteiger partial charge in [-0.3, -0.25) is 9.89 Å². The Morgan fingerprint density at radius 1 is 1.30 bits per heavy atom. The Kier molecular flexibility index (Phi) is 4.90. The van der Waals surface area contributed by atoms with Gasteiger partial charge in [0.15, 0.2) is 0 Å². The van der Waals surface area contributed by atoms with Gasteiger partial charge in [-0.15, -0.1) is 0 Å². The van der Waals surface area contributed by atoms with Crippen molar-refractivity contribution in [1.29, 1.82) is 0 Å². The number of nitrogens with one attached hydrogen (secondary N) is 3. The normalized spacial score (nSPS) is 12.1. The lowest BCUT2D eigenvalue weighted by atomic mass is 10.1. The second-order valence-electron chi connectivity index (χ2n) is 4.79. The molecule has 1 unspecified atom stereocenters. The minimum Gasteiger partial charge on any atom is -0.325 e. The largest absolute Gasteiger partial charge is 0.325 e. The van der Waals surface area contributed by atoms with Crippen molar-refractivity contribution in [2.75, 3.05) is 11.9 Å². The smallest absolute Gasteiger partial charge is 0.238 e. The minimum atomic E-state index is -0.0282. The average Bonchev–Trinajstić information content (AvgIpc) is 2.99. The minimum absolute atomic E-state index is 0.0282. The Labute approximate surface area is 118 Å². The van der Waals surface area contributed by atoms with Gasteiger partial charge in [0.25, 0.3) is 0 Å². The van der Waals surface area contributed by atoms with Crippen molar-refractivity contribution in [2.45, 2.75) is 26.3 Å². The molecule has 1 aromatic heterocycles. The lowest BCUT2D eigenvalue weighted by Gasteiger charge is -2.11. The van der Waals surface area contributed by atoms with Gasteiger partial charge < -0.3 is 10.6 Å². The summed E-state index contributed by atoms with van der Waals surface area (Å²) in [5.74, 6) is -0.0282. The fourth-order valence-electron chi connectivity index (χ4n) is 1.77. The average molecular weight is 272 g/mol. The molecular weight excluding hydrogens is 252 g/mol. The molecule has 0 saturated carbocycles. The van der Waals surface area contributed by atoms with Crippen molar-refractivity contribution in [3.63, 3.8) is 0 Å². The van der Waals surface area contributed by atoms with Crippen molar-refractivity contribution in [3.8, 4) is 11.3 Å². The van der Waals surface area contributed by atoms with Crippen LogP contribution in [0.3, 0.4) is 0 Å². The van der Waals surface area contributed by atoms with Crippen molar-refractivity contribution < 1.29 is 4.79 Å². The van der Waals surface area contributed by atoms with E-state index < -0.39 is 0 Å². The zero-order valence-electron chi connectivity index (χ0n) is 11.8. The molecule has 1 aromatic carbocycles. The summed E-state index contributed by atoms with van der Waals surface area (Å²) in [4.78, 5) is 11.8. The predicted molar refractivity (Wildman–Crippen MR) is 80.4 cm³/mol. The van der Waals surface area contributed by atoms with E-state index in [9.17, 15) is 4.79 Å². The number of hydrogen-bond acceptors (Lipinski definition) is 3. The molecule has 0 radical (unpaired) electrons. The number of anilines is 1. The van der Waals surface area contributed by atoms with Crippen LogP contribution < -0.4 is 10.6 Å². The van der Waals surface area contributed by atoms with Gasteiger partial charge in [-0.2, -0.15) is 5.10 Å². The standard InChI is InChI=1S/C15H20N4O/c1-3-11(2)16-10-15(20)18-13-6-4-12(5-7-13)14-8-9-17-19-14/h4-9,11,16H,3,10H2,1-2H3,(H,17,19)(H,18,20).